The molecule has 0 bridgehead atoms. The molecule has 1 aromatic heterocycles. The number of carbonyl (C=O) groups is 1. The van der Waals surface area contributed by atoms with Gasteiger partial charge in [-0.3, -0.25) is 9.36 Å². The van der Waals surface area contributed by atoms with Crippen LogP contribution in [-0.4, -0.2) is 25.9 Å². The van der Waals surface area contributed by atoms with Gasteiger partial charge in [0.05, 0.1) is 5.25 Å². The minimum absolute atomic E-state index is 0.0700. The molecule has 0 aliphatic carbocycles. The van der Waals surface area contributed by atoms with Crippen LogP contribution in [0.4, 0.5) is 5.69 Å². The molecule has 31 heavy (non-hydrogen) atoms. The Labute approximate surface area is 186 Å². The maximum Gasteiger partial charge on any atom is 0.237 e. The van der Waals surface area contributed by atoms with Gasteiger partial charge in [0.15, 0.2) is 11.0 Å². The maximum atomic E-state index is 12.9. The SMILES string of the molecule is Cc1ccccc1NC(=O)C(C)Sc1nnc(-c2ccccc2C)n1-c1ccccc1. The van der Waals surface area contributed by atoms with Crippen LogP contribution in [0.2, 0.25) is 0 Å². The van der Waals surface area contributed by atoms with Crippen LogP contribution < -0.4 is 5.32 Å². The standard InChI is InChI=1S/C25H24N4OS/c1-17-11-7-9-15-21(17)23-27-28-25(29(23)20-13-5-4-6-14-20)31-19(3)24(30)26-22-16-10-8-12-18(22)2/h4-16,19H,1-3H3,(H,26,30). The van der Waals surface area contributed by atoms with Gasteiger partial charge in [-0.1, -0.05) is 72.4 Å². The number of nitrogens with zero attached hydrogens (tertiary/aromatic N) is 3. The van der Waals surface area contributed by atoms with Crippen molar-refractivity contribution in [3.05, 3.63) is 90.0 Å². The molecule has 0 fully saturated rings. The third-order valence-electron chi connectivity index (χ3n) is 5.09. The van der Waals surface area contributed by atoms with Gasteiger partial charge in [0.25, 0.3) is 0 Å². The van der Waals surface area contributed by atoms with Gasteiger partial charge >= 0.3 is 0 Å². The zero-order valence-corrected chi connectivity index (χ0v) is 18.6. The van der Waals surface area contributed by atoms with Gasteiger partial charge in [-0.25, -0.2) is 0 Å². The fourth-order valence-electron chi connectivity index (χ4n) is 3.31. The number of aryl methyl sites for hydroxylation is 2. The monoisotopic (exact) mass is 428 g/mol. The highest BCUT2D eigenvalue weighted by atomic mass is 32.2. The zero-order chi connectivity index (χ0) is 21.8. The van der Waals surface area contributed by atoms with E-state index in [1.54, 1.807) is 0 Å². The zero-order valence-electron chi connectivity index (χ0n) is 17.7. The molecule has 3 aromatic carbocycles. The third kappa shape index (κ3) is 4.54. The molecule has 1 amide bonds. The van der Waals surface area contributed by atoms with E-state index in [-0.39, 0.29) is 11.2 Å². The fraction of sp³-hybridized carbons (Fsp3) is 0.160. The van der Waals surface area contributed by atoms with Crippen molar-refractivity contribution >= 4 is 23.4 Å². The van der Waals surface area contributed by atoms with E-state index in [4.69, 9.17) is 0 Å². The minimum Gasteiger partial charge on any atom is -0.325 e. The van der Waals surface area contributed by atoms with Crippen molar-refractivity contribution < 1.29 is 4.79 Å². The van der Waals surface area contributed by atoms with Gasteiger partial charge in [-0.2, -0.15) is 0 Å². The van der Waals surface area contributed by atoms with E-state index in [1.165, 1.54) is 11.8 Å². The van der Waals surface area contributed by atoms with Crippen molar-refractivity contribution in [3.63, 3.8) is 0 Å². The summed E-state index contributed by atoms with van der Waals surface area (Å²) in [4.78, 5) is 12.9. The molecule has 156 valence electrons. The normalized spacial score (nSPS) is 11.8. The van der Waals surface area contributed by atoms with Crippen molar-refractivity contribution in [3.8, 4) is 17.1 Å². The lowest BCUT2D eigenvalue weighted by Crippen LogP contribution is -2.23. The molecule has 0 radical (unpaired) electrons. The van der Waals surface area contributed by atoms with Crippen LogP contribution in [-0.2, 0) is 4.79 Å². The summed E-state index contributed by atoms with van der Waals surface area (Å²) < 4.78 is 2.02. The van der Waals surface area contributed by atoms with Crippen LogP contribution in [0.3, 0.4) is 0 Å². The van der Waals surface area contributed by atoms with Crippen LogP contribution in [0.25, 0.3) is 17.1 Å². The van der Waals surface area contributed by atoms with E-state index in [9.17, 15) is 4.79 Å². The lowest BCUT2D eigenvalue weighted by atomic mass is 10.1. The van der Waals surface area contributed by atoms with Crippen molar-refractivity contribution in [2.45, 2.75) is 31.2 Å². The van der Waals surface area contributed by atoms with Gasteiger partial charge in [0.2, 0.25) is 5.91 Å². The Bertz CT molecular complexity index is 1200. The molecule has 6 heteroatoms. The lowest BCUT2D eigenvalue weighted by Gasteiger charge is -2.15. The summed E-state index contributed by atoms with van der Waals surface area (Å²) in [6, 6.07) is 25.9. The molecule has 4 aromatic rings. The molecular formula is C25H24N4OS. The van der Waals surface area contributed by atoms with Gasteiger partial charge in [-0.15, -0.1) is 10.2 Å². The Hall–Kier alpha value is -3.38. The molecule has 0 aliphatic heterocycles. The van der Waals surface area contributed by atoms with Crippen molar-refractivity contribution in [1.82, 2.24) is 14.8 Å². The highest BCUT2D eigenvalue weighted by molar-refractivity contribution is 8.00. The second-order valence-electron chi connectivity index (χ2n) is 7.36. The summed E-state index contributed by atoms with van der Waals surface area (Å²) in [6.07, 6.45) is 0. The Balaban J connectivity index is 1.66. The summed E-state index contributed by atoms with van der Waals surface area (Å²) in [5.74, 6) is 0.692. The molecule has 0 saturated heterocycles. The number of carbonyl (C=O) groups excluding carboxylic acids is 1. The third-order valence-corrected chi connectivity index (χ3v) is 6.13. The van der Waals surface area contributed by atoms with E-state index >= 15 is 0 Å². The predicted molar refractivity (Wildman–Crippen MR) is 127 cm³/mol. The van der Waals surface area contributed by atoms with Crippen LogP contribution in [0.1, 0.15) is 18.1 Å². The molecule has 0 saturated carbocycles. The first-order valence-electron chi connectivity index (χ1n) is 10.1. The Morgan fingerprint density at radius 1 is 0.871 bits per heavy atom. The van der Waals surface area contributed by atoms with Crippen LogP contribution in [0.15, 0.2) is 84.0 Å². The fourth-order valence-corrected chi connectivity index (χ4v) is 4.18. The Morgan fingerprint density at radius 3 is 2.23 bits per heavy atom. The van der Waals surface area contributed by atoms with Crippen LogP contribution in [0, 0.1) is 13.8 Å². The van der Waals surface area contributed by atoms with Gasteiger partial charge in [0, 0.05) is 16.9 Å². The molecular weight excluding hydrogens is 404 g/mol. The van der Waals surface area contributed by atoms with Gasteiger partial charge in [0.1, 0.15) is 0 Å². The van der Waals surface area contributed by atoms with Crippen LogP contribution >= 0.6 is 11.8 Å². The largest absolute Gasteiger partial charge is 0.325 e. The summed E-state index contributed by atoms with van der Waals surface area (Å²) in [5.41, 5.74) is 4.95. The average molecular weight is 429 g/mol. The summed E-state index contributed by atoms with van der Waals surface area (Å²) in [6.45, 7) is 5.92. The minimum atomic E-state index is -0.351. The molecule has 0 spiro atoms. The van der Waals surface area contributed by atoms with Crippen molar-refractivity contribution in [2.75, 3.05) is 5.32 Å². The lowest BCUT2D eigenvalue weighted by molar-refractivity contribution is -0.115. The molecule has 1 unspecified atom stereocenters. The number of hydrogen-bond donors (Lipinski definition) is 1. The first-order chi connectivity index (χ1) is 15.0. The number of thioether (sulfide) groups is 1. The van der Waals surface area contributed by atoms with E-state index in [0.29, 0.717) is 5.16 Å². The highest BCUT2D eigenvalue weighted by Gasteiger charge is 2.22. The van der Waals surface area contributed by atoms with Crippen molar-refractivity contribution in [1.29, 1.82) is 0 Å². The molecule has 1 heterocycles. The molecule has 0 aliphatic rings. The molecule has 4 rings (SSSR count). The van der Waals surface area contributed by atoms with Gasteiger partial charge in [-0.05, 0) is 50.1 Å². The summed E-state index contributed by atoms with van der Waals surface area (Å²) >= 11 is 1.40. The molecule has 1 atom stereocenters. The molecule has 1 N–H and O–H groups in total. The number of rotatable bonds is 6. The highest BCUT2D eigenvalue weighted by Crippen LogP contribution is 2.31. The number of hydrogen-bond acceptors (Lipinski definition) is 4. The van der Waals surface area contributed by atoms with Crippen molar-refractivity contribution in [2.24, 2.45) is 0 Å². The number of anilines is 1. The van der Waals surface area contributed by atoms with E-state index in [2.05, 4.69) is 28.5 Å². The summed E-state index contributed by atoms with van der Waals surface area (Å²) in [7, 11) is 0. The maximum absolute atomic E-state index is 12.9. The predicted octanol–water partition coefficient (Wildman–Crippen LogP) is 5.67. The number of nitrogens with one attached hydrogen (secondary N) is 1. The van der Waals surface area contributed by atoms with E-state index in [1.807, 2.05) is 91.2 Å². The first kappa shape index (κ1) is 20.9. The second-order valence-corrected chi connectivity index (χ2v) is 8.66. The number of amides is 1. The summed E-state index contributed by atoms with van der Waals surface area (Å²) in [5, 5.41) is 12.3. The van der Waals surface area contributed by atoms with E-state index in [0.717, 1.165) is 33.9 Å². The Kier molecular flexibility index (Phi) is 6.18. The van der Waals surface area contributed by atoms with Crippen LogP contribution in [0.5, 0.6) is 0 Å². The number of benzene rings is 3. The Morgan fingerprint density at radius 2 is 1.52 bits per heavy atom. The molecule has 5 nitrogen and oxygen atoms in total. The quantitative estimate of drug-likeness (QED) is 0.402. The number of para-hydroxylation sites is 2. The average Bonchev–Trinajstić information content (AvgIpc) is 3.19. The van der Waals surface area contributed by atoms with Gasteiger partial charge < -0.3 is 5.32 Å². The van der Waals surface area contributed by atoms with E-state index < -0.39 is 0 Å². The first-order valence-corrected chi connectivity index (χ1v) is 11.0. The second kappa shape index (κ2) is 9.18. The smallest absolute Gasteiger partial charge is 0.237 e. The number of aromatic nitrogens is 3. The topological polar surface area (TPSA) is 59.8 Å².